The molecule has 0 aromatic rings. The Kier molecular flexibility index (Phi) is 53.1. The van der Waals surface area contributed by atoms with Gasteiger partial charge in [-0.15, -0.1) is 0 Å². The number of carbonyl (C=O) groups is 2. The summed E-state index contributed by atoms with van der Waals surface area (Å²) in [5.74, 6) is -0.173. The van der Waals surface area contributed by atoms with Gasteiger partial charge in [0, 0.05) is 12.8 Å². The van der Waals surface area contributed by atoms with Crippen molar-refractivity contribution in [3.05, 3.63) is 36.5 Å². The first-order chi connectivity index (χ1) is 32.0. The van der Waals surface area contributed by atoms with Gasteiger partial charge in [-0.2, -0.15) is 0 Å². The molecule has 0 aliphatic carbocycles. The van der Waals surface area contributed by atoms with Gasteiger partial charge in [0.15, 0.2) is 0 Å². The molecule has 382 valence electrons. The zero-order valence-electron chi connectivity index (χ0n) is 43.5. The maximum absolute atomic E-state index is 12.5. The molecule has 0 rings (SSSR count). The topological polar surface area (TPSA) is 95.9 Å². The summed E-state index contributed by atoms with van der Waals surface area (Å²) in [7, 11) is 0. The van der Waals surface area contributed by atoms with Crippen molar-refractivity contribution in [3.8, 4) is 0 Å². The maximum atomic E-state index is 12.5. The highest BCUT2D eigenvalue weighted by molar-refractivity contribution is 5.76. The molecule has 0 aliphatic rings. The third-order valence-corrected chi connectivity index (χ3v) is 13.1. The van der Waals surface area contributed by atoms with Gasteiger partial charge in [0.25, 0.3) is 0 Å². The summed E-state index contributed by atoms with van der Waals surface area (Å²) in [6.45, 7) is 4.81. The van der Waals surface area contributed by atoms with Crippen LogP contribution in [0.15, 0.2) is 36.5 Å². The van der Waals surface area contributed by atoms with E-state index >= 15 is 0 Å². The van der Waals surface area contributed by atoms with Gasteiger partial charge in [0.2, 0.25) is 5.91 Å². The van der Waals surface area contributed by atoms with Gasteiger partial charge >= 0.3 is 5.97 Å². The van der Waals surface area contributed by atoms with E-state index in [1.54, 1.807) is 6.08 Å². The number of hydrogen-bond acceptors (Lipinski definition) is 5. The van der Waals surface area contributed by atoms with Crippen LogP contribution in [-0.4, -0.2) is 47.4 Å². The van der Waals surface area contributed by atoms with Gasteiger partial charge < -0.3 is 20.3 Å². The number of hydrogen-bond donors (Lipinski definition) is 3. The monoisotopic (exact) mass is 914 g/mol. The third kappa shape index (κ3) is 51.3. The highest BCUT2D eigenvalue weighted by Gasteiger charge is 2.18. The summed E-state index contributed by atoms with van der Waals surface area (Å²) in [6, 6.07) is -0.667. The predicted octanol–water partition coefficient (Wildman–Crippen LogP) is 17.6. The lowest BCUT2D eigenvalue weighted by molar-refractivity contribution is -0.143. The molecule has 0 heterocycles. The van der Waals surface area contributed by atoms with Crippen LogP contribution < -0.4 is 5.32 Å². The highest BCUT2D eigenvalue weighted by atomic mass is 16.5. The molecule has 0 saturated heterocycles. The van der Waals surface area contributed by atoms with Crippen molar-refractivity contribution in [2.45, 2.75) is 315 Å². The number of unbranched alkanes of at least 4 members (excludes halogenated alkanes) is 38. The molecule has 0 bridgehead atoms. The molecular weight excluding hydrogens is 803 g/mol. The van der Waals surface area contributed by atoms with E-state index in [0.29, 0.717) is 19.4 Å². The summed E-state index contributed by atoms with van der Waals surface area (Å²) in [6.07, 6.45) is 67.5. The number of nitrogens with one attached hydrogen (secondary N) is 1. The molecule has 2 unspecified atom stereocenters. The fraction of sp³-hybridized carbons (Fsp3) is 0.864. The van der Waals surface area contributed by atoms with Crippen LogP contribution in [-0.2, 0) is 14.3 Å². The number of amides is 1. The first-order valence-electron chi connectivity index (χ1n) is 28.8. The van der Waals surface area contributed by atoms with Crippen LogP contribution in [0.2, 0.25) is 0 Å². The maximum Gasteiger partial charge on any atom is 0.305 e. The number of esters is 1. The average molecular weight is 915 g/mol. The van der Waals surface area contributed by atoms with Gasteiger partial charge in [0.1, 0.15) is 0 Å². The molecule has 6 nitrogen and oxygen atoms in total. The lowest BCUT2D eigenvalue weighted by atomic mass is 10.0. The largest absolute Gasteiger partial charge is 0.466 e. The Morgan fingerprint density at radius 2 is 0.738 bits per heavy atom. The van der Waals surface area contributed by atoms with E-state index in [1.807, 2.05) is 6.08 Å². The van der Waals surface area contributed by atoms with Gasteiger partial charge in [-0.1, -0.05) is 249 Å². The summed E-state index contributed by atoms with van der Waals surface area (Å²) in [5.41, 5.74) is 0. The minimum absolute atomic E-state index is 0.0456. The number of carbonyl (C=O) groups excluding carboxylic acids is 2. The van der Waals surface area contributed by atoms with Crippen molar-refractivity contribution in [2.75, 3.05) is 13.2 Å². The number of allylic oxidation sites excluding steroid dienone is 5. The van der Waals surface area contributed by atoms with Crippen LogP contribution in [0.5, 0.6) is 0 Å². The van der Waals surface area contributed by atoms with Gasteiger partial charge in [-0.25, -0.2) is 0 Å². The van der Waals surface area contributed by atoms with Gasteiger partial charge in [0.05, 0.1) is 25.4 Å². The molecule has 0 aliphatic heterocycles. The van der Waals surface area contributed by atoms with Crippen LogP contribution >= 0.6 is 0 Å². The molecule has 1 amide bonds. The third-order valence-electron chi connectivity index (χ3n) is 13.1. The summed E-state index contributed by atoms with van der Waals surface area (Å²) in [5, 5.41) is 23.1. The second-order valence-electron chi connectivity index (χ2n) is 19.6. The van der Waals surface area contributed by atoms with Crippen LogP contribution in [0.4, 0.5) is 0 Å². The van der Waals surface area contributed by atoms with E-state index < -0.39 is 12.1 Å². The zero-order chi connectivity index (χ0) is 47.2. The van der Waals surface area contributed by atoms with E-state index in [4.69, 9.17) is 4.74 Å². The van der Waals surface area contributed by atoms with Crippen LogP contribution in [0.3, 0.4) is 0 Å². The minimum atomic E-state index is -0.877. The fourth-order valence-electron chi connectivity index (χ4n) is 8.69. The number of rotatable bonds is 53. The molecule has 2 atom stereocenters. The van der Waals surface area contributed by atoms with E-state index in [2.05, 4.69) is 43.5 Å². The van der Waals surface area contributed by atoms with Crippen molar-refractivity contribution >= 4 is 11.9 Å². The Balaban J connectivity index is 3.56. The van der Waals surface area contributed by atoms with Gasteiger partial charge in [-0.3, -0.25) is 9.59 Å². The van der Waals surface area contributed by atoms with Crippen LogP contribution in [0.1, 0.15) is 303 Å². The lowest BCUT2D eigenvalue weighted by Crippen LogP contribution is -2.45. The molecule has 6 heteroatoms. The molecule has 0 aromatic carbocycles. The summed E-state index contributed by atoms with van der Waals surface area (Å²) < 4.78 is 5.44. The number of ether oxygens (including phenoxy) is 1. The van der Waals surface area contributed by atoms with Crippen LogP contribution in [0, 0.1) is 0 Å². The standard InChI is InChI=1S/C59H111NO5/c1-3-5-7-9-11-13-15-17-19-20-21-22-23-24-25-26-27-29-30-32-35-39-43-47-51-57(62)56(55-61)60-58(63)52-48-44-40-36-34-38-42-46-50-54-65-59(64)53-49-45-41-37-33-31-28-18-16-14-12-10-8-6-4-2/h18,28,36,40,47,51,56-57,61-62H,3-17,19-27,29-35,37-39,41-46,48-50,52-55H2,1-2H3,(H,60,63)/b28-18-,40-36-,51-47+. The Labute approximate surface area is 404 Å². The summed E-state index contributed by atoms with van der Waals surface area (Å²) >= 11 is 0. The van der Waals surface area contributed by atoms with Crippen molar-refractivity contribution < 1.29 is 24.5 Å². The van der Waals surface area contributed by atoms with Crippen molar-refractivity contribution in [1.82, 2.24) is 5.32 Å². The molecular formula is C59H111NO5. The average Bonchev–Trinajstić information content (AvgIpc) is 3.31. The number of aliphatic hydroxyl groups excluding tert-OH is 2. The second-order valence-corrected chi connectivity index (χ2v) is 19.6. The van der Waals surface area contributed by atoms with Crippen LogP contribution in [0.25, 0.3) is 0 Å². The Morgan fingerprint density at radius 3 is 1.12 bits per heavy atom. The van der Waals surface area contributed by atoms with Crippen molar-refractivity contribution in [1.29, 1.82) is 0 Å². The molecule has 0 radical (unpaired) electrons. The lowest BCUT2D eigenvalue weighted by Gasteiger charge is -2.19. The minimum Gasteiger partial charge on any atom is -0.466 e. The molecule has 0 aromatic heterocycles. The van der Waals surface area contributed by atoms with E-state index in [1.165, 1.54) is 205 Å². The Morgan fingerprint density at radius 1 is 0.415 bits per heavy atom. The second kappa shape index (κ2) is 54.7. The highest BCUT2D eigenvalue weighted by Crippen LogP contribution is 2.17. The quantitative estimate of drug-likeness (QED) is 0.0321. The first-order valence-corrected chi connectivity index (χ1v) is 28.8. The summed E-state index contributed by atoms with van der Waals surface area (Å²) in [4.78, 5) is 24.5. The van der Waals surface area contributed by atoms with E-state index in [9.17, 15) is 19.8 Å². The smallest absolute Gasteiger partial charge is 0.305 e. The van der Waals surface area contributed by atoms with Crippen molar-refractivity contribution in [3.63, 3.8) is 0 Å². The predicted molar refractivity (Wildman–Crippen MR) is 283 cm³/mol. The fourth-order valence-corrected chi connectivity index (χ4v) is 8.69. The van der Waals surface area contributed by atoms with E-state index in [-0.39, 0.29) is 18.5 Å². The van der Waals surface area contributed by atoms with Gasteiger partial charge in [-0.05, 0) is 77.0 Å². The molecule has 65 heavy (non-hydrogen) atoms. The zero-order valence-corrected chi connectivity index (χ0v) is 43.5. The SMILES string of the molecule is CCCCCCCC/C=C\CCCCCCCC(=O)OCCCCCC/C=C\CCCC(=O)NC(CO)C(O)/C=C/CCCCCCCCCCCCCCCCCCCCCCCC. The van der Waals surface area contributed by atoms with Crippen molar-refractivity contribution in [2.24, 2.45) is 0 Å². The molecule has 0 spiro atoms. The van der Waals surface area contributed by atoms with E-state index in [0.717, 1.165) is 70.6 Å². The number of aliphatic hydroxyl groups is 2. The first kappa shape index (κ1) is 63.1. The molecule has 3 N–H and O–H groups in total. The molecule has 0 fully saturated rings. The Bertz CT molecular complexity index is 1060. The Hall–Kier alpha value is -1.92. The molecule has 0 saturated carbocycles. The normalized spacial score (nSPS) is 12.9.